The highest BCUT2D eigenvalue weighted by molar-refractivity contribution is 6.11. The van der Waals surface area contributed by atoms with E-state index in [1.165, 1.54) is 42.6 Å². The number of halogens is 3. The fourth-order valence-electron chi connectivity index (χ4n) is 4.28. The molecule has 0 radical (unpaired) electrons. The number of amides is 1. The highest BCUT2D eigenvalue weighted by Gasteiger charge is 2.44. The molecule has 2 atom stereocenters. The molecule has 0 saturated carbocycles. The number of fused-ring (bicyclic) bond motifs is 2. The molecule has 1 amide bonds. The van der Waals surface area contributed by atoms with Crippen LogP contribution in [0.15, 0.2) is 66.5 Å². The zero-order valence-electron chi connectivity index (χ0n) is 16.2. The monoisotopic (exact) mass is 422 g/mol. The van der Waals surface area contributed by atoms with Gasteiger partial charge in [0.1, 0.15) is 17.5 Å². The van der Waals surface area contributed by atoms with Crippen molar-refractivity contribution in [2.45, 2.75) is 25.0 Å². The average molecular weight is 422 g/mol. The van der Waals surface area contributed by atoms with E-state index in [1.54, 1.807) is 6.07 Å². The summed E-state index contributed by atoms with van der Waals surface area (Å²) in [6.07, 6.45) is 3.12. The Bertz CT molecular complexity index is 1220. The number of hydrogen-bond donors (Lipinski definition) is 1. The van der Waals surface area contributed by atoms with Gasteiger partial charge in [-0.2, -0.15) is 0 Å². The Morgan fingerprint density at radius 3 is 2.45 bits per heavy atom. The molecule has 1 N–H and O–H groups in total. The van der Waals surface area contributed by atoms with Gasteiger partial charge in [0.15, 0.2) is 0 Å². The molecule has 1 fully saturated rings. The summed E-state index contributed by atoms with van der Waals surface area (Å²) in [7, 11) is 0. The Hall–Kier alpha value is -3.45. The van der Waals surface area contributed by atoms with Crippen LogP contribution in [0.5, 0.6) is 0 Å². The molecule has 5 rings (SSSR count). The molecule has 2 aromatic carbocycles. The first-order chi connectivity index (χ1) is 15.0. The van der Waals surface area contributed by atoms with Crippen molar-refractivity contribution in [1.82, 2.24) is 4.98 Å². The molecule has 31 heavy (non-hydrogen) atoms. The molecule has 0 unspecified atom stereocenters. The van der Waals surface area contributed by atoms with Gasteiger partial charge in [0, 0.05) is 34.1 Å². The molecule has 3 aromatic rings. The summed E-state index contributed by atoms with van der Waals surface area (Å²) in [6.45, 7) is 0. The maximum Gasteiger partial charge on any atom is 0.254 e. The first kappa shape index (κ1) is 19.5. The molecule has 0 spiro atoms. The Morgan fingerprint density at radius 2 is 1.68 bits per heavy atom. The number of nitrogens with zero attached hydrogens (tertiary/aromatic N) is 1. The highest BCUT2D eigenvalue weighted by atomic mass is 19.1. The zero-order chi connectivity index (χ0) is 21.5. The fourth-order valence-corrected chi connectivity index (χ4v) is 4.28. The van der Waals surface area contributed by atoms with Crippen molar-refractivity contribution < 1.29 is 22.7 Å². The van der Waals surface area contributed by atoms with Crippen LogP contribution < -0.4 is 5.32 Å². The van der Waals surface area contributed by atoms with Gasteiger partial charge < -0.3 is 10.1 Å². The van der Waals surface area contributed by atoms with Gasteiger partial charge in [-0.3, -0.25) is 9.78 Å². The number of aromatic nitrogens is 1. The van der Waals surface area contributed by atoms with Crippen molar-refractivity contribution in [1.29, 1.82) is 0 Å². The normalized spacial score (nSPS) is 19.7. The van der Waals surface area contributed by atoms with Gasteiger partial charge in [0.25, 0.3) is 5.91 Å². The number of carbonyl (C=O) groups excluding carboxylic acids is 1. The fraction of sp³-hybridized carbons (Fsp3) is 0.167. The molecule has 3 heterocycles. The standard InChI is InChI=1S/C24H17F3N2O2/c25-17-4-2-1-3-14(17)15-6-5-13(11-18(15)26)29-24(30)23-21-8-7-20(31-21)22(23)16-9-10-28-12-19(16)27/h1-6,9-12,20-21H,7-8H2,(H,29,30)/t20-,21-/m0/s1. The molecular formula is C24H17F3N2O2. The number of hydrogen-bond acceptors (Lipinski definition) is 3. The number of rotatable bonds is 4. The topological polar surface area (TPSA) is 51.2 Å². The highest BCUT2D eigenvalue weighted by Crippen LogP contribution is 2.45. The Morgan fingerprint density at radius 1 is 0.903 bits per heavy atom. The van der Waals surface area contributed by atoms with Crippen LogP contribution >= 0.6 is 0 Å². The largest absolute Gasteiger partial charge is 0.365 e. The minimum Gasteiger partial charge on any atom is -0.365 e. The van der Waals surface area contributed by atoms with Crippen LogP contribution in [0, 0.1) is 17.5 Å². The van der Waals surface area contributed by atoms with E-state index in [0.717, 1.165) is 12.3 Å². The molecule has 4 nitrogen and oxygen atoms in total. The second kappa shape index (κ2) is 7.67. The number of ether oxygens (including phenoxy) is 1. The third-order valence-corrected chi connectivity index (χ3v) is 5.65. The lowest BCUT2D eigenvalue weighted by atomic mass is 9.87. The zero-order valence-corrected chi connectivity index (χ0v) is 16.2. The van der Waals surface area contributed by atoms with Crippen molar-refractivity contribution in [3.05, 3.63) is 89.5 Å². The summed E-state index contributed by atoms with van der Waals surface area (Å²) in [4.78, 5) is 16.8. The van der Waals surface area contributed by atoms with Gasteiger partial charge in [-0.25, -0.2) is 13.2 Å². The lowest BCUT2D eigenvalue weighted by molar-refractivity contribution is -0.113. The van der Waals surface area contributed by atoms with Crippen molar-refractivity contribution in [2.75, 3.05) is 5.32 Å². The van der Waals surface area contributed by atoms with Gasteiger partial charge in [-0.05, 0) is 43.2 Å². The Kier molecular flexibility index (Phi) is 4.82. The molecule has 7 heteroatoms. The van der Waals surface area contributed by atoms with E-state index >= 15 is 0 Å². The minimum absolute atomic E-state index is 0.0955. The second-order valence-electron chi connectivity index (χ2n) is 7.50. The van der Waals surface area contributed by atoms with Crippen molar-refractivity contribution in [2.24, 2.45) is 0 Å². The first-order valence-electron chi connectivity index (χ1n) is 9.88. The minimum atomic E-state index is -0.665. The van der Waals surface area contributed by atoms with Crippen LogP contribution in [0.2, 0.25) is 0 Å². The third kappa shape index (κ3) is 3.41. The summed E-state index contributed by atoms with van der Waals surface area (Å²) >= 11 is 0. The maximum absolute atomic E-state index is 14.7. The summed E-state index contributed by atoms with van der Waals surface area (Å²) in [5.41, 5.74) is 1.59. The average Bonchev–Trinajstić information content (AvgIpc) is 3.37. The van der Waals surface area contributed by atoms with E-state index in [1.807, 2.05) is 0 Å². The number of benzene rings is 2. The Balaban J connectivity index is 1.46. The smallest absolute Gasteiger partial charge is 0.254 e. The van der Waals surface area contributed by atoms with Gasteiger partial charge in [0.2, 0.25) is 0 Å². The predicted octanol–water partition coefficient (Wildman–Crippen LogP) is 5.12. The van der Waals surface area contributed by atoms with Crippen molar-refractivity contribution in [3.63, 3.8) is 0 Å². The molecule has 1 aromatic heterocycles. The number of pyridine rings is 1. The van der Waals surface area contributed by atoms with E-state index in [2.05, 4.69) is 10.3 Å². The van der Waals surface area contributed by atoms with Crippen molar-refractivity contribution >= 4 is 17.2 Å². The van der Waals surface area contributed by atoms with Crippen LogP contribution in [-0.2, 0) is 9.53 Å². The van der Waals surface area contributed by atoms with Gasteiger partial charge >= 0.3 is 0 Å². The number of carbonyl (C=O) groups is 1. The first-order valence-corrected chi connectivity index (χ1v) is 9.88. The number of nitrogens with one attached hydrogen (secondary N) is 1. The van der Waals surface area contributed by atoms with Crippen LogP contribution in [0.4, 0.5) is 18.9 Å². The molecule has 2 bridgehead atoms. The van der Waals surface area contributed by atoms with E-state index in [4.69, 9.17) is 4.74 Å². The maximum atomic E-state index is 14.7. The van der Waals surface area contributed by atoms with Crippen LogP contribution in [0.3, 0.4) is 0 Å². The van der Waals surface area contributed by atoms with Gasteiger partial charge in [0.05, 0.1) is 24.0 Å². The van der Waals surface area contributed by atoms with E-state index in [0.29, 0.717) is 24.0 Å². The summed E-state index contributed by atoms with van der Waals surface area (Å²) in [5.74, 6) is -2.20. The third-order valence-electron chi connectivity index (χ3n) is 5.65. The van der Waals surface area contributed by atoms with Crippen LogP contribution in [-0.4, -0.2) is 23.1 Å². The second-order valence-corrected chi connectivity index (χ2v) is 7.50. The van der Waals surface area contributed by atoms with Crippen molar-refractivity contribution in [3.8, 4) is 11.1 Å². The molecule has 156 valence electrons. The molecule has 1 saturated heterocycles. The van der Waals surface area contributed by atoms with Gasteiger partial charge in [-0.15, -0.1) is 0 Å². The van der Waals surface area contributed by atoms with Gasteiger partial charge in [-0.1, -0.05) is 18.2 Å². The van der Waals surface area contributed by atoms with E-state index in [9.17, 15) is 18.0 Å². The molecular weight excluding hydrogens is 405 g/mol. The predicted molar refractivity (Wildman–Crippen MR) is 109 cm³/mol. The lowest BCUT2D eigenvalue weighted by Gasteiger charge is -2.17. The molecule has 2 aliphatic heterocycles. The van der Waals surface area contributed by atoms with E-state index < -0.39 is 29.5 Å². The lowest BCUT2D eigenvalue weighted by Crippen LogP contribution is -2.23. The van der Waals surface area contributed by atoms with Crippen LogP contribution in [0.1, 0.15) is 18.4 Å². The van der Waals surface area contributed by atoms with Crippen LogP contribution in [0.25, 0.3) is 16.7 Å². The summed E-state index contributed by atoms with van der Waals surface area (Å²) in [5, 5.41) is 2.67. The summed E-state index contributed by atoms with van der Waals surface area (Å²) in [6, 6.07) is 11.5. The van der Waals surface area contributed by atoms with E-state index in [-0.39, 0.29) is 28.5 Å². The molecule has 2 aliphatic rings. The SMILES string of the molecule is O=C(Nc1ccc(-c2ccccc2F)c(F)c1)C1=C(c2ccncc2F)[C@@H]2CC[C@@H]1O2. The Labute approximate surface area is 176 Å². The summed E-state index contributed by atoms with van der Waals surface area (Å²) < 4.78 is 48.9. The molecule has 0 aliphatic carbocycles. The quantitative estimate of drug-likeness (QED) is 0.635. The number of anilines is 1.